The van der Waals surface area contributed by atoms with Crippen LogP contribution in [0.15, 0.2) is 18.5 Å². The van der Waals surface area contributed by atoms with Gasteiger partial charge in [-0.25, -0.2) is 9.97 Å². The average molecular weight is 389 g/mol. The first-order valence-corrected chi connectivity index (χ1v) is 10.7. The van der Waals surface area contributed by atoms with Crippen LogP contribution in [0.3, 0.4) is 0 Å². The molecular formula is C20H32N6O2. The van der Waals surface area contributed by atoms with Gasteiger partial charge < -0.3 is 25.2 Å². The Bertz CT molecular complexity index is 616. The first kappa shape index (κ1) is 19.5. The second-order valence-corrected chi connectivity index (χ2v) is 7.96. The van der Waals surface area contributed by atoms with Crippen LogP contribution in [0.5, 0.6) is 0 Å². The first-order chi connectivity index (χ1) is 13.8. The second-order valence-electron chi connectivity index (χ2n) is 7.96. The summed E-state index contributed by atoms with van der Waals surface area (Å²) in [5.41, 5.74) is 0. The molecule has 0 spiro atoms. The Morgan fingerprint density at radius 1 is 1.21 bits per heavy atom. The van der Waals surface area contributed by atoms with Crippen molar-refractivity contribution in [3.8, 4) is 0 Å². The minimum Gasteiger partial charge on any atom is -0.379 e. The number of rotatable bonds is 6. The van der Waals surface area contributed by atoms with Gasteiger partial charge in [-0.15, -0.1) is 0 Å². The Morgan fingerprint density at radius 3 is 2.79 bits per heavy atom. The third kappa shape index (κ3) is 4.79. The molecule has 3 atom stereocenters. The van der Waals surface area contributed by atoms with Crippen molar-refractivity contribution in [3.05, 3.63) is 18.5 Å². The number of aromatic nitrogens is 2. The van der Waals surface area contributed by atoms with Crippen LogP contribution in [0.2, 0.25) is 0 Å². The Balaban J connectivity index is 1.18. The predicted molar refractivity (Wildman–Crippen MR) is 107 cm³/mol. The van der Waals surface area contributed by atoms with Gasteiger partial charge in [0.05, 0.1) is 13.2 Å². The molecule has 0 bridgehead atoms. The molecule has 3 aliphatic rings. The third-order valence-corrected chi connectivity index (χ3v) is 6.25. The zero-order valence-corrected chi connectivity index (χ0v) is 16.6. The summed E-state index contributed by atoms with van der Waals surface area (Å²) in [5.74, 6) is 1.61. The molecule has 3 heterocycles. The predicted octanol–water partition coefficient (Wildman–Crippen LogP) is 0.262. The lowest BCUT2D eigenvalue weighted by Crippen LogP contribution is -2.51. The van der Waals surface area contributed by atoms with E-state index in [0.717, 1.165) is 58.4 Å². The van der Waals surface area contributed by atoms with Gasteiger partial charge >= 0.3 is 0 Å². The van der Waals surface area contributed by atoms with Crippen LogP contribution in [0.1, 0.15) is 25.7 Å². The smallest absolute Gasteiger partial charge is 0.225 e. The zero-order chi connectivity index (χ0) is 19.2. The highest BCUT2D eigenvalue weighted by molar-refractivity contribution is 5.76. The molecule has 0 aromatic carbocycles. The Labute approximate surface area is 167 Å². The second kappa shape index (κ2) is 9.62. The average Bonchev–Trinajstić information content (AvgIpc) is 3.23. The molecule has 3 fully saturated rings. The number of ether oxygens (including phenoxy) is 1. The van der Waals surface area contributed by atoms with Crippen molar-refractivity contribution >= 4 is 11.9 Å². The molecule has 2 N–H and O–H groups in total. The van der Waals surface area contributed by atoms with Crippen LogP contribution in [0.25, 0.3) is 0 Å². The van der Waals surface area contributed by atoms with E-state index in [1.54, 1.807) is 12.4 Å². The molecule has 2 aliphatic heterocycles. The molecule has 28 heavy (non-hydrogen) atoms. The van der Waals surface area contributed by atoms with Gasteiger partial charge in [0, 0.05) is 70.2 Å². The zero-order valence-electron chi connectivity index (χ0n) is 16.6. The molecule has 8 heteroatoms. The Morgan fingerprint density at radius 2 is 2.04 bits per heavy atom. The van der Waals surface area contributed by atoms with Gasteiger partial charge in [0.1, 0.15) is 0 Å². The number of carbonyl (C=O) groups excluding carboxylic acids is 1. The summed E-state index contributed by atoms with van der Waals surface area (Å²) in [7, 11) is 0. The summed E-state index contributed by atoms with van der Waals surface area (Å²) in [4.78, 5) is 25.3. The van der Waals surface area contributed by atoms with Crippen LogP contribution in [-0.2, 0) is 9.53 Å². The lowest BCUT2D eigenvalue weighted by Gasteiger charge is -2.35. The van der Waals surface area contributed by atoms with Gasteiger partial charge in [0.25, 0.3) is 0 Å². The van der Waals surface area contributed by atoms with Crippen molar-refractivity contribution < 1.29 is 9.53 Å². The molecule has 8 nitrogen and oxygen atoms in total. The number of carbonyl (C=O) groups is 1. The van der Waals surface area contributed by atoms with Crippen LogP contribution in [-0.4, -0.2) is 85.3 Å². The standard InChI is InChI=1S/C20H32N6O2/c27-19(25-10-12-26(13-11-25)20-23-6-2-7-24-20)5-8-21-17-4-1-3-16(17)18-15-28-14-9-22-18/h2,6-7,16-18,21-22H,1,3-5,8-15H2. The number of morpholine rings is 1. The fourth-order valence-corrected chi connectivity index (χ4v) is 4.72. The number of amides is 1. The molecule has 2 saturated heterocycles. The van der Waals surface area contributed by atoms with Crippen molar-refractivity contribution in [2.75, 3.05) is 57.4 Å². The van der Waals surface area contributed by atoms with Crippen molar-refractivity contribution in [2.45, 2.75) is 37.8 Å². The topological polar surface area (TPSA) is 82.6 Å². The SMILES string of the molecule is O=C(CCNC1CCCC1C1COCCN1)N1CCN(c2ncccn2)CC1. The number of hydrogen-bond donors (Lipinski definition) is 2. The van der Waals surface area contributed by atoms with E-state index in [1.807, 2.05) is 11.0 Å². The van der Waals surface area contributed by atoms with E-state index in [4.69, 9.17) is 4.74 Å². The molecule has 1 aromatic rings. The number of anilines is 1. The fraction of sp³-hybridized carbons (Fsp3) is 0.750. The van der Waals surface area contributed by atoms with Crippen LogP contribution in [0, 0.1) is 5.92 Å². The summed E-state index contributed by atoms with van der Waals surface area (Å²) in [6.07, 6.45) is 7.80. The minimum atomic E-state index is 0.245. The van der Waals surface area contributed by atoms with Gasteiger partial charge in [0.2, 0.25) is 11.9 Å². The molecule has 4 rings (SSSR count). The Hall–Kier alpha value is -1.77. The Kier molecular flexibility index (Phi) is 6.72. The summed E-state index contributed by atoms with van der Waals surface area (Å²) >= 11 is 0. The number of nitrogens with zero attached hydrogens (tertiary/aromatic N) is 4. The van der Waals surface area contributed by atoms with E-state index in [9.17, 15) is 4.79 Å². The van der Waals surface area contributed by atoms with Crippen molar-refractivity contribution in [3.63, 3.8) is 0 Å². The lowest BCUT2D eigenvalue weighted by atomic mass is 9.94. The van der Waals surface area contributed by atoms with Crippen molar-refractivity contribution in [1.29, 1.82) is 0 Å². The molecule has 3 unspecified atom stereocenters. The highest BCUT2D eigenvalue weighted by Crippen LogP contribution is 2.29. The maximum Gasteiger partial charge on any atom is 0.225 e. The monoisotopic (exact) mass is 388 g/mol. The molecule has 1 aliphatic carbocycles. The van der Waals surface area contributed by atoms with Crippen LogP contribution >= 0.6 is 0 Å². The van der Waals surface area contributed by atoms with E-state index in [0.29, 0.717) is 24.4 Å². The van der Waals surface area contributed by atoms with Crippen molar-refractivity contribution in [2.24, 2.45) is 5.92 Å². The maximum absolute atomic E-state index is 12.6. The quantitative estimate of drug-likeness (QED) is 0.723. The molecular weight excluding hydrogens is 356 g/mol. The molecule has 154 valence electrons. The van der Waals surface area contributed by atoms with E-state index in [2.05, 4.69) is 25.5 Å². The summed E-state index contributed by atoms with van der Waals surface area (Å²) in [6, 6.07) is 2.78. The number of piperazine rings is 1. The molecule has 0 radical (unpaired) electrons. The first-order valence-electron chi connectivity index (χ1n) is 10.7. The summed E-state index contributed by atoms with van der Waals surface area (Å²) in [6.45, 7) is 6.42. The van der Waals surface area contributed by atoms with E-state index >= 15 is 0 Å². The fourth-order valence-electron chi connectivity index (χ4n) is 4.72. The highest BCUT2D eigenvalue weighted by atomic mass is 16.5. The van der Waals surface area contributed by atoms with Crippen LogP contribution < -0.4 is 15.5 Å². The van der Waals surface area contributed by atoms with Crippen molar-refractivity contribution in [1.82, 2.24) is 25.5 Å². The van der Waals surface area contributed by atoms with E-state index in [-0.39, 0.29) is 5.91 Å². The van der Waals surface area contributed by atoms with Gasteiger partial charge in [-0.3, -0.25) is 4.79 Å². The minimum absolute atomic E-state index is 0.245. The molecule has 1 aromatic heterocycles. The van der Waals surface area contributed by atoms with E-state index in [1.165, 1.54) is 19.3 Å². The van der Waals surface area contributed by atoms with Gasteiger partial charge in [-0.05, 0) is 24.8 Å². The van der Waals surface area contributed by atoms with E-state index < -0.39 is 0 Å². The summed E-state index contributed by atoms with van der Waals surface area (Å²) in [5, 5.41) is 7.26. The molecule has 1 saturated carbocycles. The van der Waals surface area contributed by atoms with Gasteiger partial charge in [-0.2, -0.15) is 0 Å². The van der Waals surface area contributed by atoms with Gasteiger partial charge in [0.15, 0.2) is 0 Å². The highest BCUT2D eigenvalue weighted by Gasteiger charge is 2.34. The number of hydrogen-bond acceptors (Lipinski definition) is 7. The number of nitrogens with one attached hydrogen (secondary N) is 2. The molecule has 1 amide bonds. The lowest BCUT2D eigenvalue weighted by molar-refractivity contribution is -0.131. The van der Waals surface area contributed by atoms with Crippen LogP contribution in [0.4, 0.5) is 5.95 Å². The third-order valence-electron chi connectivity index (χ3n) is 6.25. The largest absolute Gasteiger partial charge is 0.379 e. The normalized spacial score (nSPS) is 28.5. The van der Waals surface area contributed by atoms with Gasteiger partial charge in [-0.1, -0.05) is 6.42 Å². The maximum atomic E-state index is 12.6. The summed E-state index contributed by atoms with van der Waals surface area (Å²) < 4.78 is 5.64.